The van der Waals surface area contributed by atoms with E-state index in [0.29, 0.717) is 23.1 Å². The lowest BCUT2D eigenvalue weighted by atomic mass is 10.3. The number of hydrogen-bond acceptors (Lipinski definition) is 4. The fourth-order valence-corrected chi connectivity index (χ4v) is 1.38. The molecule has 0 amide bonds. The van der Waals surface area contributed by atoms with Crippen LogP contribution in [0.5, 0.6) is 23.1 Å². The topological polar surface area (TPSA) is 40.6 Å². The van der Waals surface area contributed by atoms with Crippen LogP contribution in [0.4, 0.5) is 0 Å². The van der Waals surface area contributed by atoms with Crippen molar-refractivity contribution in [2.45, 2.75) is 0 Å². The number of nitrogens with zero attached hydrogens (tertiary/aromatic N) is 1. The minimum absolute atomic E-state index is 0.513. The van der Waals surface area contributed by atoms with Crippen molar-refractivity contribution in [3.05, 3.63) is 42.6 Å². The molecule has 0 aliphatic heterocycles. The number of methoxy groups -OCH3 is 2. The highest BCUT2D eigenvalue weighted by molar-refractivity contribution is 5.46. The monoisotopic (exact) mass is 231 g/mol. The maximum Gasteiger partial charge on any atom is 0.219 e. The molecule has 0 radical (unpaired) electrons. The molecule has 0 aliphatic carbocycles. The molecule has 1 aromatic carbocycles. The van der Waals surface area contributed by atoms with Crippen LogP contribution in [0.1, 0.15) is 0 Å². The largest absolute Gasteiger partial charge is 0.497 e. The number of aromatic nitrogens is 1. The number of benzene rings is 1. The first kappa shape index (κ1) is 11.3. The van der Waals surface area contributed by atoms with Crippen molar-refractivity contribution in [3.8, 4) is 23.1 Å². The van der Waals surface area contributed by atoms with E-state index in [1.165, 1.54) is 0 Å². The molecule has 0 N–H and O–H groups in total. The predicted molar refractivity (Wildman–Crippen MR) is 63.9 cm³/mol. The van der Waals surface area contributed by atoms with Gasteiger partial charge in [0.25, 0.3) is 0 Å². The van der Waals surface area contributed by atoms with Gasteiger partial charge in [0, 0.05) is 18.3 Å². The van der Waals surface area contributed by atoms with Gasteiger partial charge in [-0.25, -0.2) is 4.98 Å². The maximum atomic E-state index is 5.63. The van der Waals surface area contributed by atoms with Crippen molar-refractivity contribution in [2.24, 2.45) is 0 Å². The number of pyridine rings is 1. The third-order valence-corrected chi connectivity index (χ3v) is 2.22. The van der Waals surface area contributed by atoms with Crippen LogP contribution < -0.4 is 14.2 Å². The quantitative estimate of drug-likeness (QED) is 0.811. The number of hydrogen-bond donors (Lipinski definition) is 0. The molecule has 0 fully saturated rings. The molecule has 0 bridgehead atoms. The molecule has 1 heterocycles. The summed E-state index contributed by atoms with van der Waals surface area (Å²) in [5.41, 5.74) is 0. The highest BCUT2D eigenvalue weighted by Crippen LogP contribution is 2.33. The first-order valence-corrected chi connectivity index (χ1v) is 5.14. The summed E-state index contributed by atoms with van der Waals surface area (Å²) in [6, 6.07) is 10.8. The fraction of sp³-hybridized carbons (Fsp3) is 0.154. The van der Waals surface area contributed by atoms with Crippen LogP contribution in [-0.4, -0.2) is 19.2 Å². The second-order valence-electron chi connectivity index (χ2n) is 3.29. The van der Waals surface area contributed by atoms with Crippen molar-refractivity contribution < 1.29 is 14.2 Å². The van der Waals surface area contributed by atoms with Gasteiger partial charge in [0.2, 0.25) is 5.88 Å². The molecular weight excluding hydrogens is 218 g/mol. The van der Waals surface area contributed by atoms with Crippen LogP contribution in [0.2, 0.25) is 0 Å². The van der Waals surface area contributed by atoms with E-state index in [1.807, 2.05) is 18.2 Å². The Morgan fingerprint density at radius 1 is 0.941 bits per heavy atom. The van der Waals surface area contributed by atoms with Crippen molar-refractivity contribution >= 4 is 0 Å². The van der Waals surface area contributed by atoms with Gasteiger partial charge in [0.15, 0.2) is 11.5 Å². The van der Waals surface area contributed by atoms with Gasteiger partial charge < -0.3 is 14.2 Å². The van der Waals surface area contributed by atoms with E-state index >= 15 is 0 Å². The first-order valence-electron chi connectivity index (χ1n) is 5.14. The molecular formula is C13H13NO3. The lowest BCUT2D eigenvalue weighted by Gasteiger charge is -2.10. The summed E-state index contributed by atoms with van der Waals surface area (Å²) in [7, 11) is 3.19. The molecule has 0 unspecified atom stereocenters. The Balaban J connectivity index is 2.30. The molecule has 4 nitrogen and oxygen atoms in total. The van der Waals surface area contributed by atoms with Crippen molar-refractivity contribution in [1.29, 1.82) is 0 Å². The predicted octanol–water partition coefficient (Wildman–Crippen LogP) is 2.89. The summed E-state index contributed by atoms with van der Waals surface area (Å²) in [4.78, 5) is 4.09. The zero-order chi connectivity index (χ0) is 12.1. The molecule has 2 rings (SSSR count). The molecule has 0 spiro atoms. The van der Waals surface area contributed by atoms with E-state index in [4.69, 9.17) is 14.2 Å². The van der Waals surface area contributed by atoms with Gasteiger partial charge in [-0.05, 0) is 18.2 Å². The molecule has 17 heavy (non-hydrogen) atoms. The summed E-state index contributed by atoms with van der Waals surface area (Å²) in [6.07, 6.45) is 1.67. The minimum Gasteiger partial charge on any atom is -0.497 e. The summed E-state index contributed by atoms with van der Waals surface area (Å²) >= 11 is 0. The van der Waals surface area contributed by atoms with Gasteiger partial charge in [0.1, 0.15) is 5.75 Å². The van der Waals surface area contributed by atoms with Crippen LogP contribution in [-0.2, 0) is 0 Å². The Kier molecular flexibility index (Phi) is 3.45. The van der Waals surface area contributed by atoms with E-state index < -0.39 is 0 Å². The highest BCUT2D eigenvalue weighted by atomic mass is 16.5. The van der Waals surface area contributed by atoms with Gasteiger partial charge in [-0.3, -0.25) is 0 Å². The second-order valence-corrected chi connectivity index (χ2v) is 3.29. The molecule has 0 atom stereocenters. The van der Waals surface area contributed by atoms with E-state index in [2.05, 4.69) is 4.98 Å². The normalized spacial score (nSPS) is 9.76. The van der Waals surface area contributed by atoms with Crippen LogP contribution in [0.3, 0.4) is 0 Å². The Morgan fingerprint density at radius 2 is 1.82 bits per heavy atom. The maximum absolute atomic E-state index is 5.63. The van der Waals surface area contributed by atoms with Gasteiger partial charge in [0.05, 0.1) is 14.2 Å². The summed E-state index contributed by atoms with van der Waals surface area (Å²) in [5.74, 6) is 2.43. The van der Waals surface area contributed by atoms with Gasteiger partial charge in [-0.1, -0.05) is 6.07 Å². The lowest BCUT2D eigenvalue weighted by Crippen LogP contribution is -1.93. The van der Waals surface area contributed by atoms with Crippen LogP contribution in [0.25, 0.3) is 0 Å². The Labute approximate surface area is 99.8 Å². The molecule has 1 aromatic heterocycles. The van der Waals surface area contributed by atoms with Gasteiger partial charge in [-0.2, -0.15) is 0 Å². The van der Waals surface area contributed by atoms with Gasteiger partial charge >= 0.3 is 0 Å². The number of ether oxygens (including phenoxy) is 3. The van der Waals surface area contributed by atoms with E-state index in [1.54, 1.807) is 38.6 Å². The summed E-state index contributed by atoms with van der Waals surface area (Å²) < 4.78 is 16.0. The molecule has 4 heteroatoms. The summed E-state index contributed by atoms with van der Waals surface area (Å²) in [5, 5.41) is 0. The second kappa shape index (κ2) is 5.21. The minimum atomic E-state index is 0.513. The van der Waals surface area contributed by atoms with Crippen molar-refractivity contribution in [3.63, 3.8) is 0 Å². The molecule has 0 aliphatic rings. The SMILES string of the molecule is COc1ccc(OC)c(Oc2ccccn2)c1. The zero-order valence-corrected chi connectivity index (χ0v) is 9.71. The van der Waals surface area contributed by atoms with Crippen LogP contribution in [0.15, 0.2) is 42.6 Å². The smallest absolute Gasteiger partial charge is 0.219 e. The lowest BCUT2D eigenvalue weighted by molar-refractivity contribution is 0.367. The zero-order valence-electron chi connectivity index (χ0n) is 9.71. The van der Waals surface area contributed by atoms with Crippen molar-refractivity contribution in [2.75, 3.05) is 14.2 Å². The first-order chi connectivity index (χ1) is 8.33. The third kappa shape index (κ3) is 2.66. The van der Waals surface area contributed by atoms with Crippen LogP contribution in [0, 0.1) is 0 Å². The Bertz CT molecular complexity index is 485. The molecule has 0 saturated carbocycles. The highest BCUT2D eigenvalue weighted by Gasteiger charge is 2.07. The van der Waals surface area contributed by atoms with E-state index in [0.717, 1.165) is 0 Å². The molecule has 88 valence electrons. The Hall–Kier alpha value is -2.23. The number of rotatable bonds is 4. The standard InChI is InChI=1S/C13H13NO3/c1-15-10-6-7-11(16-2)12(9-10)17-13-5-3-4-8-14-13/h3-9H,1-2H3. The van der Waals surface area contributed by atoms with E-state index in [-0.39, 0.29) is 0 Å². The fourth-order valence-electron chi connectivity index (χ4n) is 1.38. The molecule has 0 saturated heterocycles. The molecule has 2 aromatic rings. The average molecular weight is 231 g/mol. The van der Waals surface area contributed by atoms with Crippen molar-refractivity contribution in [1.82, 2.24) is 4.98 Å². The van der Waals surface area contributed by atoms with E-state index in [9.17, 15) is 0 Å². The summed E-state index contributed by atoms with van der Waals surface area (Å²) in [6.45, 7) is 0. The Morgan fingerprint density at radius 3 is 2.47 bits per heavy atom. The average Bonchev–Trinajstić information content (AvgIpc) is 2.40. The van der Waals surface area contributed by atoms with Crippen LogP contribution >= 0.6 is 0 Å². The van der Waals surface area contributed by atoms with Gasteiger partial charge in [-0.15, -0.1) is 0 Å². The third-order valence-electron chi connectivity index (χ3n) is 2.22.